The fourth-order valence-electron chi connectivity index (χ4n) is 9.23. The predicted octanol–water partition coefficient (Wildman–Crippen LogP) is 17.5. The zero-order valence-corrected chi connectivity index (χ0v) is 42.8. The van der Waals surface area contributed by atoms with Crippen molar-refractivity contribution in [3.8, 4) is 0 Å². The van der Waals surface area contributed by atoms with Gasteiger partial charge in [-0.15, -0.1) is 0 Å². The standard InChI is InChI=1S/C57H113NO5/c1-3-5-7-9-11-13-15-17-19-21-22-24-25-27-29-33-37-41-45-49-55(60)54(53-59)58-56(61)50-46-42-38-34-31-32-36-40-44-48-52-63-57(62)51-47-43-39-35-30-28-26-23-20-18-16-14-12-10-8-6-4-2/h54-55,59-60H,3-53H2,1-2H3,(H,58,61). The van der Waals surface area contributed by atoms with Gasteiger partial charge in [0.25, 0.3) is 0 Å². The smallest absolute Gasteiger partial charge is 0.305 e. The molecule has 0 radical (unpaired) electrons. The minimum atomic E-state index is -0.678. The first-order chi connectivity index (χ1) is 31.0. The Kier molecular flexibility index (Phi) is 52.5. The van der Waals surface area contributed by atoms with Crippen LogP contribution in [0.2, 0.25) is 0 Å². The number of rotatable bonds is 54. The van der Waals surface area contributed by atoms with Crippen LogP contribution in [0.5, 0.6) is 0 Å². The summed E-state index contributed by atoms with van der Waals surface area (Å²) in [4.78, 5) is 24.6. The van der Waals surface area contributed by atoms with E-state index in [2.05, 4.69) is 19.2 Å². The number of aliphatic hydroxyl groups is 2. The largest absolute Gasteiger partial charge is 0.466 e. The quantitative estimate of drug-likeness (QED) is 0.0418. The first-order valence-corrected chi connectivity index (χ1v) is 28.8. The average Bonchev–Trinajstić information content (AvgIpc) is 3.28. The lowest BCUT2D eigenvalue weighted by Gasteiger charge is -2.22. The fraction of sp³-hybridized carbons (Fsp3) is 0.965. The maximum Gasteiger partial charge on any atom is 0.305 e. The molecule has 6 nitrogen and oxygen atoms in total. The van der Waals surface area contributed by atoms with Crippen LogP contribution in [0.3, 0.4) is 0 Å². The van der Waals surface area contributed by atoms with Crippen LogP contribution in [0.1, 0.15) is 328 Å². The van der Waals surface area contributed by atoms with Gasteiger partial charge in [-0.2, -0.15) is 0 Å². The topological polar surface area (TPSA) is 95.9 Å². The van der Waals surface area contributed by atoms with Gasteiger partial charge >= 0.3 is 5.97 Å². The number of amides is 1. The molecule has 0 aliphatic heterocycles. The summed E-state index contributed by atoms with van der Waals surface area (Å²) < 4.78 is 5.47. The highest BCUT2D eigenvalue weighted by Crippen LogP contribution is 2.18. The van der Waals surface area contributed by atoms with Gasteiger partial charge < -0.3 is 20.3 Å². The van der Waals surface area contributed by atoms with Crippen LogP contribution >= 0.6 is 0 Å². The van der Waals surface area contributed by atoms with Crippen molar-refractivity contribution in [3.63, 3.8) is 0 Å². The van der Waals surface area contributed by atoms with Crippen molar-refractivity contribution in [1.82, 2.24) is 5.32 Å². The number of unbranched alkanes of at least 4 members (excludes halogenated alkanes) is 43. The van der Waals surface area contributed by atoms with Crippen LogP contribution in [0, 0.1) is 0 Å². The van der Waals surface area contributed by atoms with E-state index in [0.29, 0.717) is 25.9 Å². The van der Waals surface area contributed by atoms with E-state index in [4.69, 9.17) is 4.74 Å². The van der Waals surface area contributed by atoms with Crippen LogP contribution in [-0.4, -0.2) is 47.4 Å². The number of carbonyl (C=O) groups is 2. The minimum Gasteiger partial charge on any atom is -0.466 e. The second kappa shape index (κ2) is 53.5. The molecule has 0 fully saturated rings. The van der Waals surface area contributed by atoms with Gasteiger partial charge in [0.15, 0.2) is 0 Å². The molecule has 0 aliphatic carbocycles. The molecule has 0 aromatic carbocycles. The number of hydrogen-bond donors (Lipinski definition) is 3. The van der Waals surface area contributed by atoms with Gasteiger partial charge in [-0.1, -0.05) is 290 Å². The Labute approximate surface area is 394 Å². The molecule has 2 atom stereocenters. The Morgan fingerprint density at radius 3 is 0.968 bits per heavy atom. The Morgan fingerprint density at radius 1 is 0.381 bits per heavy atom. The molecule has 0 spiro atoms. The lowest BCUT2D eigenvalue weighted by molar-refractivity contribution is -0.143. The number of aliphatic hydroxyl groups excluding tert-OH is 2. The van der Waals surface area contributed by atoms with Gasteiger partial charge in [0.05, 0.1) is 25.4 Å². The van der Waals surface area contributed by atoms with Crippen molar-refractivity contribution >= 4 is 11.9 Å². The summed E-state index contributed by atoms with van der Waals surface area (Å²) in [5.41, 5.74) is 0. The Bertz CT molecular complexity index is 898. The molecular weight excluding hydrogens is 779 g/mol. The van der Waals surface area contributed by atoms with Gasteiger partial charge in [0.2, 0.25) is 5.91 Å². The molecule has 3 N–H and O–H groups in total. The van der Waals surface area contributed by atoms with Crippen LogP contribution < -0.4 is 5.32 Å². The van der Waals surface area contributed by atoms with Crippen LogP contribution in [0.15, 0.2) is 0 Å². The summed E-state index contributed by atoms with van der Waals surface area (Å²) in [6.45, 7) is 4.94. The van der Waals surface area contributed by atoms with Gasteiger partial charge in [0.1, 0.15) is 0 Å². The van der Waals surface area contributed by atoms with Crippen molar-refractivity contribution in [2.45, 2.75) is 341 Å². The molecule has 2 unspecified atom stereocenters. The normalized spacial score (nSPS) is 12.5. The summed E-state index contributed by atoms with van der Waals surface area (Å²) >= 11 is 0. The molecule has 1 amide bonds. The Balaban J connectivity index is 3.44. The van der Waals surface area contributed by atoms with Crippen molar-refractivity contribution < 1.29 is 24.5 Å². The highest BCUT2D eigenvalue weighted by atomic mass is 16.5. The lowest BCUT2D eigenvalue weighted by Crippen LogP contribution is -2.45. The zero-order valence-electron chi connectivity index (χ0n) is 42.8. The minimum absolute atomic E-state index is 0.0135. The molecule has 6 heteroatoms. The number of hydrogen-bond acceptors (Lipinski definition) is 5. The maximum atomic E-state index is 12.5. The van der Waals surface area contributed by atoms with Gasteiger partial charge in [0, 0.05) is 12.8 Å². The van der Waals surface area contributed by atoms with E-state index in [1.165, 1.54) is 238 Å². The third-order valence-electron chi connectivity index (χ3n) is 13.7. The molecule has 376 valence electrons. The molecule has 0 saturated carbocycles. The Morgan fingerprint density at radius 2 is 0.651 bits per heavy atom. The van der Waals surface area contributed by atoms with Crippen LogP contribution in [0.4, 0.5) is 0 Å². The summed E-state index contributed by atoms with van der Waals surface area (Å²) in [7, 11) is 0. The van der Waals surface area contributed by atoms with E-state index >= 15 is 0 Å². The second-order valence-electron chi connectivity index (χ2n) is 20.0. The Hall–Kier alpha value is -1.14. The first kappa shape index (κ1) is 61.9. The van der Waals surface area contributed by atoms with E-state index in [-0.39, 0.29) is 18.5 Å². The van der Waals surface area contributed by atoms with Gasteiger partial charge in [-0.25, -0.2) is 0 Å². The number of nitrogens with one attached hydrogen (secondary N) is 1. The highest BCUT2D eigenvalue weighted by Gasteiger charge is 2.20. The fourth-order valence-corrected chi connectivity index (χ4v) is 9.23. The predicted molar refractivity (Wildman–Crippen MR) is 274 cm³/mol. The molecule has 0 aromatic heterocycles. The third kappa shape index (κ3) is 50.1. The van der Waals surface area contributed by atoms with Crippen molar-refractivity contribution in [3.05, 3.63) is 0 Å². The maximum absolute atomic E-state index is 12.5. The molecular formula is C57H113NO5. The van der Waals surface area contributed by atoms with Gasteiger partial charge in [-0.05, 0) is 25.7 Å². The van der Waals surface area contributed by atoms with Crippen molar-refractivity contribution in [1.29, 1.82) is 0 Å². The molecule has 0 aromatic rings. The van der Waals surface area contributed by atoms with Crippen LogP contribution in [0.25, 0.3) is 0 Å². The summed E-state index contributed by atoms with van der Waals surface area (Å²) in [6, 6.07) is -0.557. The number of carbonyl (C=O) groups excluding carboxylic acids is 2. The van der Waals surface area contributed by atoms with Crippen molar-refractivity contribution in [2.24, 2.45) is 0 Å². The molecule has 0 aliphatic rings. The van der Waals surface area contributed by atoms with E-state index in [0.717, 1.165) is 57.8 Å². The monoisotopic (exact) mass is 892 g/mol. The summed E-state index contributed by atoms with van der Waals surface area (Å²) in [5.74, 6) is -0.0669. The second-order valence-corrected chi connectivity index (χ2v) is 20.0. The van der Waals surface area contributed by atoms with Crippen molar-refractivity contribution in [2.75, 3.05) is 13.2 Å². The van der Waals surface area contributed by atoms with E-state index in [9.17, 15) is 19.8 Å². The number of esters is 1. The third-order valence-corrected chi connectivity index (χ3v) is 13.7. The molecule has 0 saturated heterocycles. The molecule has 63 heavy (non-hydrogen) atoms. The average molecular weight is 893 g/mol. The molecule has 0 bridgehead atoms. The van der Waals surface area contributed by atoms with E-state index in [1.54, 1.807) is 0 Å². The van der Waals surface area contributed by atoms with E-state index in [1.807, 2.05) is 0 Å². The van der Waals surface area contributed by atoms with Crippen LogP contribution in [-0.2, 0) is 14.3 Å². The summed E-state index contributed by atoms with van der Waals surface area (Å²) in [6.07, 6.45) is 60.8. The number of ether oxygens (including phenoxy) is 1. The molecule has 0 rings (SSSR count). The van der Waals surface area contributed by atoms with E-state index < -0.39 is 12.1 Å². The highest BCUT2D eigenvalue weighted by molar-refractivity contribution is 5.76. The first-order valence-electron chi connectivity index (χ1n) is 28.8. The zero-order chi connectivity index (χ0) is 45.8. The SMILES string of the molecule is CCCCCCCCCCCCCCCCCCCCCC(O)C(CO)NC(=O)CCCCCCCCCCCCOC(=O)CCCCCCCCCCCCCCCCCCC. The lowest BCUT2D eigenvalue weighted by atomic mass is 10.0. The van der Waals surface area contributed by atoms with Gasteiger partial charge in [-0.3, -0.25) is 9.59 Å². The molecule has 0 heterocycles. The summed E-state index contributed by atoms with van der Waals surface area (Å²) in [5, 5.41) is 23.3.